The highest BCUT2D eigenvalue weighted by Gasteiger charge is 2.17. The summed E-state index contributed by atoms with van der Waals surface area (Å²) in [6.07, 6.45) is 4.43. The van der Waals surface area contributed by atoms with Crippen LogP contribution in [0.15, 0.2) is 24.5 Å². The van der Waals surface area contributed by atoms with Crippen LogP contribution in [0.4, 0.5) is 0 Å². The van der Waals surface area contributed by atoms with Crippen LogP contribution < -0.4 is 5.73 Å². The highest BCUT2D eigenvalue weighted by Crippen LogP contribution is 2.30. The Bertz CT molecular complexity index is 712. The lowest BCUT2D eigenvalue weighted by Crippen LogP contribution is -2.06. The topological polar surface area (TPSA) is 56.2 Å². The molecule has 0 fully saturated rings. The number of nitrogens with two attached hydrogens (primary N) is 1. The van der Waals surface area contributed by atoms with Gasteiger partial charge in [0.2, 0.25) is 0 Å². The lowest BCUT2D eigenvalue weighted by molar-refractivity contribution is 0.895. The molecule has 0 aliphatic rings. The number of rotatable bonds is 3. The van der Waals surface area contributed by atoms with Gasteiger partial charge in [0.05, 0.1) is 11.4 Å². The maximum Gasteiger partial charge on any atom is 0.194 e. The summed E-state index contributed by atoms with van der Waals surface area (Å²) in [7, 11) is 0. The van der Waals surface area contributed by atoms with Crippen molar-refractivity contribution < 1.29 is 0 Å². The third kappa shape index (κ3) is 1.95. The Morgan fingerprint density at radius 1 is 1.26 bits per heavy atom. The van der Waals surface area contributed by atoms with E-state index in [0.717, 1.165) is 22.6 Å². The van der Waals surface area contributed by atoms with Gasteiger partial charge in [-0.05, 0) is 32.5 Å². The Kier molecular flexibility index (Phi) is 3.08. The molecular formula is C14H16N4S. The number of fused-ring (bicyclic) bond motifs is 1. The van der Waals surface area contributed by atoms with E-state index in [1.54, 1.807) is 23.7 Å². The molecule has 0 unspecified atom stereocenters. The Labute approximate surface area is 115 Å². The van der Waals surface area contributed by atoms with E-state index in [4.69, 9.17) is 10.7 Å². The zero-order chi connectivity index (χ0) is 13.4. The fourth-order valence-corrected chi connectivity index (χ4v) is 3.31. The van der Waals surface area contributed by atoms with Crippen LogP contribution in [-0.4, -0.2) is 20.9 Å². The van der Waals surface area contributed by atoms with Gasteiger partial charge in [0.15, 0.2) is 4.96 Å². The van der Waals surface area contributed by atoms with Crippen molar-refractivity contribution in [3.63, 3.8) is 0 Å². The fraction of sp³-hybridized carbons (Fsp3) is 0.286. The smallest absolute Gasteiger partial charge is 0.194 e. The van der Waals surface area contributed by atoms with Crippen LogP contribution in [0.5, 0.6) is 0 Å². The summed E-state index contributed by atoms with van der Waals surface area (Å²) in [6, 6.07) is 3.99. The molecule has 0 aromatic carbocycles. The zero-order valence-corrected chi connectivity index (χ0v) is 11.9. The maximum absolute atomic E-state index is 5.76. The van der Waals surface area contributed by atoms with Gasteiger partial charge in [-0.2, -0.15) is 0 Å². The molecule has 3 rings (SSSR count). The number of aryl methyl sites for hydroxylation is 2. The van der Waals surface area contributed by atoms with Crippen molar-refractivity contribution >= 4 is 16.3 Å². The molecule has 0 saturated carbocycles. The fourth-order valence-electron chi connectivity index (χ4n) is 2.32. The molecule has 0 radical (unpaired) electrons. The molecule has 4 nitrogen and oxygen atoms in total. The first-order valence-corrected chi connectivity index (χ1v) is 7.11. The summed E-state index contributed by atoms with van der Waals surface area (Å²) in [5, 5.41) is 0. The van der Waals surface area contributed by atoms with Crippen molar-refractivity contribution in [1.82, 2.24) is 14.4 Å². The number of nitrogens with zero attached hydrogens (tertiary/aromatic N) is 3. The number of imidazole rings is 1. The van der Waals surface area contributed by atoms with E-state index in [9.17, 15) is 0 Å². The molecule has 19 heavy (non-hydrogen) atoms. The second-order valence-corrected chi connectivity index (χ2v) is 5.72. The third-order valence-electron chi connectivity index (χ3n) is 3.37. The van der Waals surface area contributed by atoms with Crippen molar-refractivity contribution in [3.05, 3.63) is 40.8 Å². The summed E-state index contributed by atoms with van der Waals surface area (Å²) in [5.41, 5.74) is 10.4. The predicted molar refractivity (Wildman–Crippen MR) is 78.5 cm³/mol. The average molecular weight is 272 g/mol. The molecule has 2 N–H and O–H groups in total. The minimum atomic E-state index is 0.625. The number of aromatic nitrogens is 3. The molecule has 5 heteroatoms. The molecule has 3 aromatic heterocycles. The first kappa shape index (κ1) is 12.3. The normalized spacial score (nSPS) is 11.3. The number of hydrogen-bond donors (Lipinski definition) is 1. The van der Waals surface area contributed by atoms with Gasteiger partial charge in [0.1, 0.15) is 0 Å². The molecular weight excluding hydrogens is 256 g/mol. The first-order valence-electron chi connectivity index (χ1n) is 6.30. The highest BCUT2D eigenvalue weighted by molar-refractivity contribution is 7.17. The van der Waals surface area contributed by atoms with Crippen LogP contribution in [0, 0.1) is 13.8 Å². The first-order chi connectivity index (χ1) is 9.22. The monoisotopic (exact) mass is 272 g/mol. The molecule has 0 aliphatic heterocycles. The number of hydrogen-bond acceptors (Lipinski definition) is 4. The quantitative estimate of drug-likeness (QED) is 0.797. The van der Waals surface area contributed by atoms with E-state index in [-0.39, 0.29) is 0 Å². The van der Waals surface area contributed by atoms with Crippen LogP contribution in [0.3, 0.4) is 0 Å². The van der Waals surface area contributed by atoms with E-state index in [2.05, 4.69) is 23.2 Å². The van der Waals surface area contributed by atoms with Crippen LogP contribution in [0.25, 0.3) is 16.2 Å². The van der Waals surface area contributed by atoms with Gasteiger partial charge in [0, 0.05) is 34.9 Å². The molecule has 0 bridgehead atoms. The van der Waals surface area contributed by atoms with Gasteiger partial charge >= 0.3 is 0 Å². The van der Waals surface area contributed by atoms with E-state index in [1.807, 2.05) is 12.1 Å². The molecule has 3 aromatic rings. The molecule has 0 aliphatic carbocycles. The number of thiazole rings is 1. The van der Waals surface area contributed by atoms with E-state index < -0.39 is 0 Å². The summed E-state index contributed by atoms with van der Waals surface area (Å²) < 4.78 is 2.24. The minimum Gasteiger partial charge on any atom is -0.330 e. The van der Waals surface area contributed by atoms with Crippen molar-refractivity contribution in [2.45, 2.75) is 20.3 Å². The van der Waals surface area contributed by atoms with Gasteiger partial charge in [-0.15, -0.1) is 11.3 Å². The third-order valence-corrected chi connectivity index (χ3v) is 4.42. The lowest BCUT2D eigenvalue weighted by Gasteiger charge is -2.04. The lowest BCUT2D eigenvalue weighted by atomic mass is 10.1. The van der Waals surface area contributed by atoms with E-state index in [1.165, 1.54) is 16.3 Å². The summed E-state index contributed by atoms with van der Waals surface area (Å²) in [5.74, 6) is 0. The Morgan fingerprint density at radius 3 is 2.68 bits per heavy atom. The predicted octanol–water partition coefficient (Wildman–Crippen LogP) is 2.58. The van der Waals surface area contributed by atoms with Crippen molar-refractivity contribution in [3.8, 4) is 11.3 Å². The second kappa shape index (κ2) is 4.75. The van der Waals surface area contributed by atoms with E-state index >= 15 is 0 Å². The van der Waals surface area contributed by atoms with Gasteiger partial charge in [-0.25, -0.2) is 4.98 Å². The standard InChI is InChI=1S/C14H16N4S/c1-9-10(2)19-14-17-13(11-4-7-16-8-5-11)12(3-6-15)18(9)14/h4-5,7-8H,3,6,15H2,1-2H3. The van der Waals surface area contributed by atoms with Crippen LogP contribution in [-0.2, 0) is 6.42 Å². The minimum absolute atomic E-state index is 0.625. The summed E-state index contributed by atoms with van der Waals surface area (Å²) >= 11 is 1.73. The summed E-state index contributed by atoms with van der Waals surface area (Å²) in [4.78, 5) is 11.2. The molecule has 0 atom stereocenters. The van der Waals surface area contributed by atoms with Gasteiger partial charge in [0.25, 0.3) is 0 Å². The molecule has 3 heterocycles. The van der Waals surface area contributed by atoms with Gasteiger partial charge in [-0.1, -0.05) is 0 Å². The van der Waals surface area contributed by atoms with Gasteiger partial charge < -0.3 is 5.73 Å². The number of pyridine rings is 1. The van der Waals surface area contributed by atoms with E-state index in [0.29, 0.717) is 6.54 Å². The van der Waals surface area contributed by atoms with Gasteiger partial charge in [-0.3, -0.25) is 9.38 Å². The van der Waals surface area contributed by atoms with Crippen molar-refractivity contribution in [2.24, 2.45) is 5.73 Å². The Morgan fingerprint density at radius 2 is 2.00 bits per heavy atom. The SMILES string of the molecule is Cc1sc2nc(-c3ccncc3)c(CCN)n2c1C. The molecule has 0 amide bonds. The maximum atomic E-state index is 5.76. The zero-order valence-electron chi connectivity index (χ0n) is 11.1. The van der Waals surface area contributed by atoms with Crippen LogP contribution in [0.1, 0.15) is 16.3 Å². The van der Waals surface area contributed by atoms with Crippen molar-refractivity contribution in [1.29, 1.82) is 0 Å². The molecule has 98 valence electrons. The van der Waals surface area contributed by atoms with Crippen molar-refractivity contribution in [2.75, 3.05) is 6.54 Å². The largest absolute Gasteiger partial charge is 0.330 e. The Balaban J connectivity index is 2.28. The highest BCUT2D eigenvalue weighted by atomic mass is 32.1. The average Bonchev–Trinajstić information content (AvgIpc) is 2.90. The molecule has 0 saturated heterocycles. The molecule has 0 spiro atoms. The summed E-state index contributed by atoms with van der Waals surface area (Å²) in [6.45, 7) is 4.89. The second-order valence-electron chi connectivity index (χ2n) is 4.54. The van der Waals surface area contributed by atoms with Crippen LogP contribution in [0.2, 0.25) is 0 Å². The Hall–Kier alpha value is -1.72. The van der Waals surface area contributed by atoms with Crippen LogP contribution >= 0.6 is 11.3 Å².